The van der Waals surface area contributed by atoms with E-state index in [1.807, 2.05) is 0 Å². The minimum atomic E-state index is -5.45. The first-order valence-electron chi connectivity index (χ1n) is 33.8. The fourth-order valence-corrected chi connectivity index (χ4v) is 14.1. The second kappa shape index (κ2) is 44.0. The minimum absolute atomic E-state index is 0.0137. The summed E-state index contributed by atoms with van der Waals surface area (Å²) in [5.74, 6) is -4.17. The Bertz CT molecular complexity index is 3130. The standard InChI is InChI=1S/C72H97O22P3/c1-6-11-13-15-32-47-62(73)81-54-61(88-66(77)48-33-16-14-12-7-2)55-87-97(80,86-53-60-45-30-21-31-46-60)92-70-67(89-63(74)34-8-3)68(90-64(75)35-9-4)71(93-95(78,82-49-56-37-22-17-23-38-56)83-50-57-39-24-18-25-40-57)72(69(70)91-65(76)36-10-5)94-96(79,84-51-58-41-26-19-27-42-58)85-52-59-43-28-20-29-44-59/h17-31,37-46,61,67-72H,6-16,32-36,47-55H2,1-5H3/t61-,67-,68-,69+,70+,71+,72+,97?/m1/s1. The minimum Gasteiger partial charge on any atom is -0.462 e. The number of ether oxygens (including phenoxy) is 5. The number of esters is 5. The lowest BCUT2D eigenvalue weighted by molar-refractivity contribution is -0.242. The predicted molar refractivity (Wildman–Crippen MR) is 362 cm³/mol. The summed E-state index contributed by atoms with van der Waals surface area (Å²) in [6, 6.07) is 42.7. The zero-order valence-corrected chi connectivity index (χ0v) is 59.2. The molecule has 6 rings (SSSR count). The quantitative estimate of drug-likeness (QED) is 0.0152. The summed E-state index contributed by atoms with van der Waals surface area (Å²) in [5, 5.41) is 0. The van der Waals surface area contributed by atoms with Crippen LogP contribution >= 0.6 is 23.5 Å². The maximum atomic E-state index is 16.3. The van der Waals surface area contributed by atoms with Gasteiger partial charge in [-0.05, 0) is 59.9 Å². The molecule has 1 fully saturated rings. The summed E-state index contributed by atoms with van der Waals surface area (Å²) in [4.78, 5) is 70.6. The summed E-state index contributed by atoms with van der Waals surface area (Å²) in [6.07, 6.45) is -6.82. The molecular weight excluding hydrogens is 1310 g/mol. The third kappa shape index (κ3) is 29.6. The molecule has 1 aliphatic rings. The summed E-state index contributed by atoms with van der Waals surface area (Å²) in [5.41, 5.74) is 2.41. The van der Waals surface area contributed by atoms with Crippen molar-refractivity contribution in [3.8, 4) is 0 Å². The van der Waals surface area contributed by atoms with E-state index in [2.05, 4.69) is 13.8 Å². The topological polar surface area (TPSA) is 266 Å². The normalized spacial score (nSPS) is 18.1. The number of benzene rings is 5. The largest absolute Gasteiger partial charge is 0.475 e. The van der Waals surface area contributed by atoms with Gasteiger partial charge in [-0.25, -0.2) is 13.7 Å². The van der Waals surface area contributed by atoms with Gasteiger partial charge in [-0.3, -0.25) is 64.7 Å². The highest BCUT2D eigenvalue weighted by Crippen LogP contribution is 2.60. The Balaban J connectivity index is 1.59. The molecule has 0 saturated heterocycles. The van der Waals surface area contributed by atoms with Gasteiger partial charge < -0.3 is 23.7 Å². The first-order valence-corrected chi connectivity index (χ1v) is 38.2. The predicted octanol–water partition coefficient (Wildman–Crippen LogP) is 16.9. The highest BCUT2D eigenvalue weighted by molar-refractivity contribution is 7.49. The van der Waals surface area contributed by atoms with Crippen molar-refractivity contribution in [1.82, 2.24) is 0 Å². The van der Waals surface area contributed by atoms with Crippen molar-refractivity contribution < 1.29 is 102 Å². The maximum absolute atomic E-state index is 16.3. The van der Waals surface area contributed by atoms with Crippen LogP contribution in [0.25, 0.3) is 0 Å². The van der Waals surface area contributed by atoms with Gasteiger partial charge in [0, 0.05) is 32.1 Å². The number of carbonyl (C=O) groups is 5. The van der Waals surface area contributed by atoms with Crippen LogP contribution < -0.4 is 0 Å². The Kier molecular flexibility index (Phi) is 36.2. The van der Waals surface area contributed by atoms with Crippen LogP contribution in [0.3, 0.4) is 0 Å². The van der Waals surface area contributed by atoms with Crippen LogP contribution in [-0.2, 0) is 135 Å². The van der Waals surface area contributed by atoms with E-state index in [1.54, 1.807) is 172 Å². The van der Waals surface area contributed by atoms with E-state index in [0.717, 1.165) is 51.4 Å². The molecule has 0 spiro atoms. The van der Waals surface area contributed by atoms with Crippen LogP contribution in [0.4, 0.5) is 0 Å². The average molecular weight is 1410 g/mol. The zero-order chi connectivity index (χ0) is 69.6. The molecule has 0 N–H and O–H groups in total. The maximum Gasteiger partial charge on any atom is 0.475 e. The molecule has 5 aromatic rings. The lowest BCUT2D eigenvalue weighted by Crippen LogP contribution is -2.68. The third-order valence-electron chi connectivity index (χ3n) is 15.1. The SMILES string of the molecule is CCCCCCCC(=O)OC[C@H](COP(=O)(OCc1ccccc1)O[C@H]1[C@H](OC(=O)CCC)[C@@H](OC(=O)CCC)[C@H](OP(=O)(OCc2ccccc2)OCc2ccccc2)[C@@H](OP(=O)(OCc2ccccc2)OCc2ccccc2)[C@H]1OC(=O)CCC)OC(=O)CCCCCCC. The van der Waals surface area contributed by atoms with Gasteiger partial charge in [0.05, 0.1) is 39.6 Å². The molecule has 0 aliphatic heterocycles. The van der Waals surface area contributed by atoms with Crippen LogP contribution in [0.2, 0.25) is 0 Å². The highest BCUT2D eigenvalue weighted by atomic mass is 31.2. The smallest absolute Gasteiger partial charge is 0.462 e. The van der Waals surface area contributed by atoms with Gasteiger partial charge in [0.1, 0.15) is 24.9 Å². The molecule has 1 unspecified atom stereocenters. The average Bonchev–Trinajstić information content (AvgIpc) is 0.745. The van der Waals surface area contributed by atoms with Gasteiger partial charge >= 0.3 is 53.3 Å². The van der Waals surface area contributed by atoms with E-state index in [-0.39, 0.29) is 51.4 Å². The molecule has 0 radical (unpaired) electrons. The number of hydrogen-bond donors (Lipinski definition) is 0. The van der Waals surface area contributed by atoms with Gasteiger partial charge in [0.25, 0.3) is 0 Å². The molecule has 0 aromatic heterocycles. The van der Waals surface area contributed by atoms with Crippen molar-refractivity contribution >= 4 is 53.3 Å². The summed E-state index contributed by atoms with van der Waals surface area (Å²) < 4.78 is 137. The van der Waals surface area contributed by atoms with Crippen molar-refractivity contribution in [2.24, 2.45) is 0 Å². The van der Waals surface area contributed by atoms with Crippen molar-refractivity contribution in [3.05, 3.63) is 179 Å². The van der Waals surface area contributed by atoms with Crippen LogP contribution in [0.1, 0.15) is 178 Å². The Morgan fingerprint density at radius 1 is 0.309 bits per heavy atom. The van der Waals surface area contributed by atoms with Crippen molar-refractivity contribution in [2.45, 2.75) is 226 Å². The fraction of sp³-hybridized carbons (Fsp3) is 0.514. The van der Waals surface area contributed by atoms with Crippen LogP contribution in [0, 0.1) is 0 Å². The monoisotopic (exact) mass is 1410 g/mol. The Morgan fingerprint density at radius 2 is 0.588 bits per heavy atom. The van der Waals surface area contributed by atoms with E-state index in [1.165, 1.54) is 0 Å². The van der Waals surface area contributed by atoms with Crippen LogP contribution in [0.15, 0.2) is 152 Å². The molecule has 25 heteroatoms. The Labute approximate surface area is 571 Å². The second-order valence-electron chi connectivity index (χ2n) is 23.4. The van der Waals surface area contributed by atoms with E-state index in [9.17, 15) is 24.0 Å². The molecule has 0 heterocycles. The first-order chi connectivity index (χ1) is 47.0. The Morgan fingerprint density at radius 3 is 0.897 bits per heavy atom. The molecule has 1 aliphatic carbocycles. The molecule has 532 valence electrons. The number of phosphoric acid groups is 3. The van der Waals surface area contributed by atoms with E-state index < -0.39 is 142 Å². The van der Waals surface area contributed by atoms with Gasteiger partial charge in [-0.1, -0.05) is 238 Å². The lowest BCUT2D eigenvalue weighted by Gasteiger charge is -2.48. The van der Waals surface area contributed by atoms with E-state index in [4.69, 9.17) is 64.4 Å². The number of hydrogen-bond acceptors (Lipinski definition) is 22. The molecule has 0 amide bonds. The van der Waals surface area contributed by atoms with Crippen molar-refractivity contribution in [2.75, 3.05) is 13.2 Å². The van der Waals surface area contributed by atoms with Gasteiger partial charge in [0.15, 0.2) is 24.4 Å². The van der Waals surface area contributed by atoms with Crippen molar-refractivity contribution in [3.63, 3.8) is 0 Å². The zero-order valence-electron chi connectivity index (χ0n) is 56.5. The number of unbranched alkanes of at least 4 members (excludes halogenated alkanes) is 8. The molecule has 5 aromatic carbocycles. The lowest BCUT2D eigenvalue weighted by atomic mass is 9.84. The van der Waals surface area contributed by atoms with Gasteiger partial charge in [-0.15, -0.1) is 0 Å². The summed E-state index contributed by atoms with van der Waals surface area (Å²) in [6.45, 7) is 5.58. The van der Waals surface area contributed by atoms with Crippen LogP contribution in [-0.4, -0.2) is 85.8 Å². The summed E-state index contributed by atoms with van der Waals surface area (Å²) in [7, 11) is -15.9. The molecule has 97 heavy (non-hydrogen) atoms. The molecule has 1 saturated carbocycles. The Hall–Kier alpha value is -6.22. The first kappa shape index (κ1) is 79.8. The van der Waals surface area contributed by atoms with E-state index >= 15 is 13.7 Å². The molecule has 22 nitrogen and oxygen atoms in total. The van der Waals surface area contributed by atoms with E-state index in [0.29, 0.717) is 40.7 Å². The number of phosphoric ester groups is 3. The number of carbonyl (C=O) groups excluding carboxylic acids is 5. The third-order valence-corrected chi connectivity index (χ3v) is 19.3. The van der Waals surface area contributed by atoms with Crippen LogP contribution in [0.5, 0.6) is 0 Å². The van der Waals surface area contributed by atoms with Crippen molar-refractivity contribution in [1.29, 1.82) is 0 Å². The highest BCUT2D eigenvalue weighted by Gasteiger charge is 2.63. The van der Waals surface area contributed by atoms with Gasteiger partial charge in [0.2, 0.25) is 0 Å². The molecule has 8 atom stereocenters. The fourth-order valence-electron chi connectivity index (χ4n) is 10.0. The molecule has 0 bridgehead atoms. The number of rotatable bonds is 48. The molecular formula is C72H97O22P3. The second-order valence-corrected chi connectivity index (χ2v) is 28.2. The summed E-state index contributed by atoms with van der Waals surface area (Å²) >= 11 is 0. The van der Waals surface area contributed by atoms with Gasteiger partial charge in [-0.2, -0.15) is 0 Å².